The SMILES string of the molecule is COc1cc(N=Nc2sc(N(C(C)C)C(C)C)n[n+]2C)c(NS(C)(=O)=O)cc1N(C)CCC#N.[Cl-]. The van der Waals surface area contributed by atoms with Gasteiger partial charge in [-0.05, 0) is 50.2 Å². The molecule has 0 saturated carbocycles. The molecule has 0 radical (unpaired) electrons. The molecule has 11 nitrogen and oxygen atoms in total. The molecule has 0 amide bonds. The number of ether oxygens (including phenoxy) is 1. The Morgan fingerprint density at radius 1 is 1.26 bits per heavy atom. The second-order valence-electron chi connectivity index (χ2n) is 8.33. The number of azo groups is 1. The molecule has 0 spiro atoms. The number of aryl methyl sites for hydroxylation is 1. The van der Waals surface area contributed by atoms with Crippen LogP contribution in [0.2, 0.25) is 0 Å². The van der Waals surface area contributed by atoms with Gasteiger partial charge < -0.3 is 26.9 Å². The first-order valence-electron chi connectivity index (χ1n) is 10.7. The van der Waals surface area contributed by atoms with Crippen LogP contribution < -0.4 is 36.3 Å². The fraction of sp³-hybridized carbons (Fsp3) is 0.571. The summed E-state index contributed by atoms with van der Waals surface area (Å²) in [5, 5.41) is 23.6. The van der Waals surface area contributed by atoms with Gasteiger partial charge in [0.2, 0.25) is 15.2 Å². The predicted octanol–water partition coefficient (Wildman–Crippen LogP) is 0.740. The van der Waals surface area contributed by atoms with E-state index in [4.69, 9.17) is 10.00 Å². The van der Waals surface area contributed by atoms with Crippen molar-refractivity contribution in [1.29, 1.82) is 5.26 Å². The van der Waals surface area contributed by atoms with Gasteiger partial charge in [0, 0.05) is 31.7 Å². The highest BCUT2D eigenvalue weighted by atomic mass is 35.5. The van der Waals surface area contributed by atoms with Crippen molar-refractivity contribution in [2.75, 3.05) is 41.5 Å². The average Bonchev–Trinajstić information content (AvgIpc) is 3.08. The molecule has 1 heterocycles. The van der Waals surface area contributed by atoms with Crippen LogP contribution in [0.5, 0.6) is 5.75 Å². The number of nitrogens with zero attached hydrogens (tertiary/aromatic N) is 7. The number of aromatic nitrogens is 2. The number of hydrogen-bond acceptors (Lipinski definition) is 10. The van der Waals surface area contributed by atoms with Gasteiger partial charge in [0.1, 0.15) is 18.5 Å². The molecule has 0 atom stereocenters. The Balaban J connectivity index is 0.00000612. The Kier molecular flexibility index (Phi) is 11.1. The fourth-order valence-electron chi connectivity index (χ4n) is 3.39. The van der Waals surface area contributed by atoms with E-state index in [1.54, 1.807) is 30.9 Å². The third kappa shape index (κ3) is 8.19. The quantitative estimate of drug-likeness (QED) is 0.326. The second-order valence-corrected chi connectivity index (χ2v) is 11.0. The summed E-state index contributed by atoms with van der Waals surface area (Å²) >= 11 is 1.40. The lowest BCUT2D eigenvalue weighted by Gasteiger charge is -2.28. The summed E-state index contributed by atoms with van der Waals surface area (Å²) in [5.41, 5.74) is 1.17. The van der Waals surface area contributed by atoms with Crippen LogP contribution in [-0.4, -0.2) is 52.6 Å². The summed E-state index contributed by atoms with van der Waals surface area (Å²) < 4.78 is 33.7. The Bertz CT molecular complexity index is 1170. The van der Waals surface area contributed by atoms with Gasteiger partial charge in [0.25, 0.3) is 0 Å². The number of nitrogens with one attached hydrogen (secondary N) is 1. The second kappa shape index (κ2) is 12.9. The number of methoxy groups -OCH3 is 1. The molecule has 35 heavy (non-hydrogen) atoms. The van der Waals surface area contributed by atoms with Crippen LogP contribution in [-0.2, 0) is 17.1 Å². The highest BCUT2D eigenvalue weighted by Gasteiger charge is 2.25. The van der Waals surface area contributed by atoms with Gasteiger partial charge in [-0.25, -0.2) is 8.42 Å². The van der Waals surface area contributed by atoms with E-state index in [1.807, 2.05) is 4.90 Å². The van der Waals surface area contributed by atoms with Gasteiger partial charge in [0.05, 0.1) is 42.3 Å². The summed E-state index contributed by atoms with van der Waals surface area (Å²) in [7, 11) is 1.53. The zero-order valence-corrected chi connectivity index (χ0v) is 23.7. The van der Waals surface area contributed by atoms with Crippen LogP contribution in [0.25, 0.3) is 0 Å². The minimum atomic E-state index is -3.58. The van der Waals surface area contributed by atoms with Crippen molar-refractivity contribution in [2.24, 2.45) is 17.3 Å². The molecule has 0 aliphatic rings. The molecule has 0 saturated heterocycles. The van der Waals surface area contributed by atoms with E-state index in [9.17, 15) is 8.42 Å². The third-order valence-corrected chi connectivity index (χ3v) is 6.43. The number of anilines is 3. The predicted molar refractivity (Wildman–Crippen MR) is 135 cm³/mol. The number of nitriles is 1. The highest BCUT2D eigenvalue weighted by molar-refractivity contribution is 7.92. The standard InChI is InChI=1S/C21H32N8O3S2.ClH/c1-14(2)29(15(3)4)21-25-28(6)20(33-21)24-23-16-13-19(32-7)18(27(5)11-9-10-22)12-17(16)26-34(8,30)31;/h12-15H,9,11H2,1-8H3;1H. The van der Waals surface area contributed by atoms with E-state index in [0.717, 1.165) is 11.4 Å². The molecular weight excluding hydrogens is 512 g/mol. The first kappa shape index (κ1) is 30.3. The van der Waals surface area contributed by atoms with Crippen molar-refractivity contribution in [1.82, 2.24) is 5.10 Å². The molecule has 1 aromatic heterocycles. The lowest BCUT2D eigenvalue weighted by Crippen LogP contribution is -3.00. The highest BCUT2D eigenvalue weighted by Crippen LogP contribution is 2.40. The van der Waals surface area contributed by atoms with Crippen molar-refractivity contribution in [2.45, 2.75) is 46.2 Å². The molecule has 1 aromatic carbocycles. The largest absolute Gasteiger partial charge is 1.00 e. The van der Waals surface area contributed by atoms with Crippen molar-refractivity contribution >= 4 is 48.7 Å². The van der Waals surface area contributed by atoms with Crippen LogP contribution >= 0.6 is 11.3 Å². The zero-order valence-electron chi connectivity index (χ0n) is 21.3. The Hall–Kier alpha value is -2.69. The normalized spacial score (nSPS) is 11.5. The van der Waals surface area contributed by atoms with E-state index in [-0.39, 0.29) is 30.2 Å². The van der Waals surface area contributed by atoms with E-state index < -0.39 is 10.0 Å². The van der Waals surface area contributed by atoms with E-state index >= 15 is 0 Å². The minimum Gasteiger partial charge on any atom is -1.00 e. The first-order valence-corrected chi connectivity index (χ1v) is 13.4. The maximum absolute atomic E-state index is 12.0. The van der Waals surface area contributed by atoms with Gasteiger partial charge in [-0.15, -0.1) is 4.68 Å². The van der Waals surface area contributed by atoms with Gasteiger partial charge in [0.15, 0.2) is 0 Å². The Labute approximate surface area is 217 Å². The molecule has 2 rings (SSSR count). The lowest BCUT2D eigenvalue weighted by atomic mass is 10.2. The molecule has 14 heteroatoms. The maximum atomic E-state index is 12.0. The van der Waals surface area contributed by atoms with Crippen molar-refractivity contribution in [3.05, 3.63) is 12.1 Å². The Morgan fingerprint density at radius 3 is 2.40 bits per heavy atom. The number of halogens is 1. The summed E-state index contributed by atoms with van der Waals surface area (Å²) in [6, 6.07) is 5.87. The molecule has 0 unspecified atom stereocenters. The number of benzene rings is 1. The van der Waals surface area contributed by atoms with Gasteiger partial charge in [-0.3, -0.25) is 4.72 Å². The summed E-state index contributed by atoms with van der Waals surface area (Å²) in [4.78, 5) is 4.01. The molecule has 1 N–H and O–H groups in total. The lowest BCUT2D eigenvalue weighted by molar-refractivity contribution is -0.712. The summed E-state index contributed by atoms with van der Waals surface area (Å²) in [6.07, 6.45) is 1.38. The van der Waals surface area contributed by atoms with Crippen LogP contribution in [0.4, 0.5) is 27.3 Å². The number of rotatable bonds is 11. The number of hydrogen-bond donors (Lipinski definition) is 1. The first-order chi connectivity index (χ1) is 15.9. The fourth-order valence-corrected chi connectivity index (χ4v) is 5.06. The monoisotopic (exact) mass is 544 g/mol. The molecule has 2 aromatic rings. The van der Waals surface area contributed by atoms with Gasteiger partial charge >= 0.3 is 5.13 Å². The molecule has 0 aliphatic heterocycles. The molecule has 0 bridgehead atoms. The van der Waals surface area contributed by atoms with Crippen LogP contribution in [0.1, 0.15) is 34.1 Å². The van der Waals surface area contributed by atoms with Crippen LogP contribution in [0.15, 0.2) is 22.4 Å². The van der Waals surface area contributed by atoms with Crippen molar-refractivity contribution in [3.63, 3.8) is 0 Å². The van der Waals surface area contributed by atoms with Crippen LogP contribution in [0, 0.1) is 11.3 Å². The van der Waals surface area contributed by atoms with Crippen molar-refractivity contribution in [3.8, 4) is 11.8 Å². The van der Waals surface area contributed by atoms with Gasteiger partial charge in [-0.1, -0.05) is 5.10 Å². The molecular formula is C21H33ClN8O3S2. The third-order valence-electron chi connectivity index (χ3n) is 4.83. The average molecular weight is 545 g/mol. The van der Waals surface area contributed by atoms with Gasteiger partial charge in [-0.2, -0.15) is 5.26 Å². The van der Waals surface area contributed by atoms with Crippen molar-refractivity contribution < 1.29 is 30.2 Å². The molecule has 194 valence electrons. The molecule has 0 fully saturated rings. The van der Waals surface area contributed by atoms with E-state index in [1.165, 1.54) is 18.4 Å². The number of sulfonamides is 1. The Morgan fingerprint density at radius 2 is 1.89 bits per heavy atom. The van der Waals surface area contributed by atoms with Crippen LogP contribution in [0.3, 0.4) is 0 Å². The van der Waals surface area contributed by atoms with E-state index in [2.05, 4.69) is 58.7 Å². The smallest absolute Gasteiger partial charge is 0.431 e. The zero-order chi connectivity index (χ0) is 25.6. The maximum Gasteiger partial charge on any atom is 0.431 e. The van der Waals surface area contributed by atoms with E-state index in [0.29, 0.717) is 35.2 Å². The molecule has 0 aliphatic carbocycles. The summed E-state index contributed by atoms with van der Waals surface area (Å²) in [6.45, 7) is 8.87. The topological polar surface area (TPSA) is 127 Å². The minimum absolute atomic E-state index is 0. The summed E-state index contributed by atoms with van der Waals surface area (Å²) in [5.74, 6) is 0.480.